The topological polar surface area (TPSA) is 159 Å². The van der Waals surface area contributed by atoms with Crippen LogP contribution in [0.2, 0.25) is 0 Å². The Balaban J connectivity index is 1.45. The summed E-state index contributed by atoms with van der Waals surface area (Å²) in [5.41, 5.74) is 0.651. The molecule has 0 saturated heterocycles. The van der Waals surface area contributed by atoms with Crippen molar-refractivity contribution < 1.29 is 28.0 Å². The van der Waals surface area contributed by atoms with Crippen molar-refractivity contribution in [1.82, 2.24) is 19.0 Å². The van der Waals surface area contributed by atoms with Crippen LogP contribution >= 0.6 is 11.3 Å². The van der Waals surface area contributed by atoms with Crippen molar-refractivity contribution in [2.24, 2.45) is 0 Å². The molecule has 14 heteroatoms. The lowest BCUT2D eigenvalue weighted by atomic mass is 10.2. The predicted octanol–water partition coefficient (Wildman–Crippen LogP) is 1.51. The van der Waals surface area contributed by atoms with Gasteiger partial charge >= 0.3 is 6.09 Å². The molecule has 164 valence electrons. The number of non-ortho nitro benzene ring substituents is 1. The number of fused-ring (bicyclic) bond motifs is 1. The number of imidazole rings is 1. The number of benzene rings is 1. The number of nitro groups is 1. The van der Waals surface area contributed by atoms with E-state index < -0.39 is 34.6 Å². The van der Waals surface area contributed by atoms with Crippen molar-refractivity contribution in [3.63, 3.8) is 0 Å². The van der Waals surface area contributed by atoms with Crippen molar-refractivity contribution >= 4 is 45.0 Å². The minimum absolute atomic E-state index is 0.0798. The zero-order chi connectivity index (χ0) is 22.4. The number of carbonyl (C=O) groups excluding carboxylic acids is 2. The van der Waals surface area contributed by atoms with Gasteiger partial charge in [0.05, 0.1) is 11.5 Å². The fourth-order valence-corrected chi connectivity index (χ4v) is 3.85. The number of amides is 1. The Bertz CT molecular complexity index is 1110. The maximum absolute atomic E-state index is 12.4. The van der Waals surface area contributed by atoms with E-state index in [0.717, 1.165) is 4.31 Å². The Hall–Kier alpha value is -3.20. The van der Waals surface area contributed by atoms with Gasteiger partial charge in [-0.25, -0.2) is 14.1 Å². The van der Waals surface area contributed by atoms with Gasteiger partial charge in [-0.2, -0.15) is 0 Å². The number of nitrogens with one attached hydrogen (secondary N) is 1. The fraction of sp³-hybridized carbons (Fsp3) is 0.235. The third kappa shape index (κ3) is 5.91. The Kier molecular flexibility index (Phi) is 7.41. The van der Waals surface area contributed by atoms with Crippen LogP contribution in [0.15, 0.2) is 42.2 Å². The number of ketones is 1. The fourth-order valence-electron chi connectivity index (χ4n) is 2.56. The van der Waals surface area contributed by atoms with Crippen LogP contribution in [0.3, 0.4) is 0 Å². The molecule has 0 radical (unpaired) electrons. The minimum Gasteiger partial charge on any atom is -0.760 e. The number of hydrogen-bond acceptors (Lipinski definition) is 9. The second-order valence-electron chi connectivity index (χ2n) is 6.14. The molecule has 0 aliphatic carbocycles. The Morgan fingerprint density at radius 3 is 2.74 bits per heavy atom. The van der Waals surface area contributed by atoms with Crippen molar-refractivity contribution in [3.05, 3.63) is 63.5 Å². The highest BCUT2D eigenvalue weighted by molar-refractivity contribution is 7.76. The molecule has 1 N–H and O–H groups in total. The first kappa shape index (κ1) is 22.5. The average molecular weight is 466 g/mol. The molecule has 0 bridgehead atoms. The van der Waals surface area contributed by atoms with Crippen molar-refractivity contribution in [3.8, 4) is 0 Å². The van der Waals surface area contributed by atoms with Gasteiger partial charge in [-0.1, -0.05) is 0 Å². The molecule has 1 unspecified atom stereocenters. The second kappa shape index (κ2) is 10.2. The summed E-state index contributed by atoms with van der Waals surface area (Å²) in [6, 6.07) is 5.50. The molecule has 0 spiro atoms. The molecule has 31 heavy (non-hydrogen) atoms. The number of rotatable bonds is 10. The number of hydrogen-bond donors (Lipinski definition) is 1. The monoisotopic (exact) mass is 466 g/mol. The van der Waals surface area contributed by atoms with Gasteiger partial charge in [0.15, 0.2) is 5.78 Å². The number of ether oxygens (including phenoxy) is 1. The first-order chi connectivity index (χ1) is 14.8. The summed E-state index contributed by atoms with van der Waals surface area (Å²) in [5.74, 6) is -0.463. The van der Waals surface area contributed by atoms with Crippen molar-refractivity contribution in [2.75, 3.05) is 19.6 Å². The third-order valence-corrected chi connectivity index (χ3v) is 5.71. The Morgan fingerprint density at radius 2 is 2.06 bits per heavy atom. The number of Topliss-reactive ketones (excluding diaryl/α,β-unsaturated/α-hetero) is 1. The summed E-state index contributed by atoms with van der Waals surface area (Å²) in [6.45, 7) is -0.759. The average Bonchev–Trinajstić information content (AvgIpc) is 3.35. The molecule has 0 aliphatic rings. The number of carbonyl (C=O) groups is 2. The normalized spacial score (nSPS) is 12.1. The highest BCUT2D eigenvalue weighted by atomic mass is 32.2. The zero-order valence-electron chi connectivity index (χ0n) is 15.8. The maximum atomic E-state index is 12.4. The molecule has 0 saturated carbocycles. The standard InChI is InChI=1S/C17H17N5O7S2/c23-14(15-16-20(11-19-15)7-8-30-16)9-21(31(27)28)6-5-18-17(24)29-10-12-1-3-13(4-2-12)22(25)26/h1-4,7-8,11H,5-6,9-10H2,(H,18,24)(H,27,28)/p-1. The van der Waals surface area contributed by atoms with Gasteiger partial charge < -0.3 is 14.6 Å². The quantitative estimate of drug-likeness (QED) is 0.204. The van der Waals surface area contributed by atoms with Crippen LogP contribution in [0.5, 0.6) is 0 Å². The van der Waals surface area contributed by atoms with E-state index in [0.29, 0.717) is 10.4 Å². The molecule has 2 aromatic heterocycles. The van der Waals surface area contributed by atoms with E-state index in [1.54, 1.807) is 16.0 Å². The van der Waals surface area contributed by atoms with Crippen LogP contribution in [0.1, 0.15) is 16.1 Å². The van der Waals surface area contributed by atoms with Crippen LogP contribution in [-0.4, -0.2) is 58.9 Å². The minimum atomic E-state index is -2.68. The van der Waals surface area contributed by atoms with Crippen molar-refractivity contribution in [1.29, 1.82) is 0 Å². The van der Waals surface area contributed by atoms with Crippen LogP contribution in [0.25, 0.3) is 4.83 Å². The van der Waals surface area contributed by atoms with Gasteiger partial charge in [0.2, 0.25) is 0 Å². The number of aromatic nitrogens is 2. The smallest absolute Gasteiger partial charge is 0.407 e. The Morgan fingerprint density at radius 1 is 1.32 bits per heavy atom. The number of nitrogens with zero attached hydrogens (tertiary/aromatic N) is 4. The SMILES string of the molecule is O=C(NCCN(CC(=O)c1ncn2ccsc12)S(=O)[O-])OCc1ccc([N+](=O)[O-])cc1. The first-order valence-corrected chi connectivity index (χ1v) is 10.7. The highest BCUT2D eigenvalue weighted by Gasteiger charge is 2.19. The van der Waals surface area contributed by atoms with Gasteiger partial charge in [-0.05, 0) is 17.7 Å². The molecule has 1 amide bonds. The summed E-state index contributed by atoms with van der Waals surface area (Å²) in [4.78, 5) is 38.9. The summed E-state index contributed by atoms with van der Waals surface area (Å²) >= 11 is -1.37. The molecule has 3 aromatic rings. The lowest BCUT2D eigenvalue weighted by Crippen LogP contribution is -2.38. The van der Waals surface area contributed by atoms with Crippen LogP contribution < -0.4 is 5.32 Å². The lowest BCUT2D eigenvalue weighted by molar-refractivity contribution is -0.384. The van der Waals surface area contributed by atoms with Crippen molar-refractivity contribution in [2.45, 2.75) is 6.61 Å². The van der Waals surface area contributed by atoms with E-state index in [4.69, 9.17) is 4.74 Å². The highest BCUT2D eigenvalue weighted by Crippen LogP contribution is 2.17. The van der Waals surface area contributed by atoms with Gasteiger partial charge in [0, 0.05) is 48.1 Å². The van der Waals surface area contributed by atoms with Crippen LogP contribution in [0.4, 0.5) is 10.5 Å². The van der Waals surface area contributed by atoms with Crippen LogP contribution in [0, 0.1) is 10.1 Å². The first-order valence-electron chi connectivity index (χ1n) is 8.77. The molecule has 12 nitrogen and oxygen atoms in total. The Labute approximate surface area is 182 Å². The molecule has 1 atom stereocenters. The van der Waals surface area contributed by atoms with Gasteiger partial charge in [0.25, 0.3) is 5.69 Å². The van der Waals surface area contributed by atoms with E-state index >= 15 is 0 Å². The molecule has 0 aliphatic heterocycles. The maximum Gasteiger partial charge on any atom is 0.407 e. The third-order valence-electron chi connectivity index (χ3n) is 4.09. The van der Waals surface area contributed by atoms with E-state index in [9.17, 15) is 28.5 Å². The van der Waals surface area contributed by atoms with E-state index in [2.05, 4.69) is 10.3 Å². The number of alkyl carbamates (subject to hydrolysis) is 1. The molecular formula is C17H16N5O7S2-. The molecular weight excluding hydrogens is 450 g/mol. The number of nitro benzene ring substituents is 1. The summed E-state index contributed by atoms with van der Waals surface area (Å²) < 4.78 is 30.4. The largest absolute Gasteiger partial charge is 0.760 e. The number of thiazole rings is 1. The van der Waals surface area contributed by atoms with E-state index in [1.165, 1.54) is 41.9 Å². The second-order valence-corrected chi connectivity index (χ2v) is 7.98. The zero-order valence-corrected chi connectivity index (χ0v) is 17.5. The predicted molar refractivity (Wildman–Crippen MR) is 109 cm³/mol. The van der Waals surface area contributed by atoms with Gasteiger partial charge in [-0.15, -0.1) is 11.3 Å². The van der Waals surface area contributed by atoms with E-state index in [-0.39, 0.29) is 31.1 Å². The van der Waals surface area contributed by atoms with E-state index in [1.807, 2.05) is 0 Å². The molecule has 2 heterocycles. The van der Waals surface area contributed by atoms with Gasteiger partial charge in [0.1, 0.15) is 23.5 Å². The summed E-state index contributed by atoms with van der Waals surface area (Å²) in [7, 11) is 0. The molecule has 3 rings (SSSR count). The van der Waals surface area contributed by atoms with Crippen LogP contribution in [-0.2, 0) is 22.6 Å². The molecule has 0 fully saturated rings. The summed E-state index contributed by atoms with van der Waals surface area (Å²) in [6.07, 6.45) is 2.41. The summed E-state index contributed by atoms with van der Waals surface area (Å²) in [5, 5.41) is 14.8. The lowest BCUT2D eigenvalue weighted by Gasteiger charge is -2.23. The molecule has 1 aromatic carbocycles. The van der Waals surface area contributed by atoms with Gasteiger partial charge in [-0.3, -0.25) is 23.5 Å².